The summed E-state index contributed by atoms with van der Waals surface area (Å²) in [7, 11) is -3.53. The van der Waals surface area contributed by atoms with Crippen LogP contribution in [-0.2, 0) is 20.6 Å². The molecule has 32 heavy (non-hydrogen) atoms. The fraction of sp³-hybridized carbons (Fsp3) is 0.0800. The van der Waals surface area contributed by atoms with Crippen LogP contribution in [0.5, 0.6) is 11.5 Å². The van der Waals surface area contributed by atoms with Gasteiger partial charge in [0.2, 0.25) is 15.9 Å². The average molecular weight is 447 g/mol. The van der Waals surface area contributed by atoms with E-state index in [1.807, 2.05) is 42.5 Å². The number of carbonyl (C=O) groups excluding carboxylic acids is 1. The van der Waals surface area contributed by atoms with Crippen molar-refractivity contribution in [3.8, 4) is 11.5 Å². The molecule has 0 saturated heterocycles. The fourth-order valence-electron chi connectivity index (χ4n) is 3.39. The standard InChI is InChI=1S/C25H22N2O4S/c1-18(28)26-24-15-16-25(23-10-6-5-9-22(23)24)31-21-13-11-20(12-14-21)27-32(29,30)17-19-7-3-2-4-8-19/h2-16,27H,17H2,1H3,(H,26,28). The molecule has 0 fully saturated rings. The monoisotopic (exact) mass is 446 g/mol. The van der Waals surface area contributed by atoms with Gasteiger partial charge in [0, 0.05) is 29.1 Å². The first-order valence-corrected chi connectivity index (χ1v) is 11.7. The van der Waals surface area contributed by atoms with Gasteiger partial charge in [-0.05, 0) is 42.0 Å². The average Bonchev–Trinajstić information content (AvgIpc) is 2.76. The summed E-state index contributed by atoms with van der Waals surface area (Å²) in [5.74, 6) is 0.952. The molecule has 0 heterocycles. The molecule has 162 valence electrons. The quantitative estimate of drug-likeness (QED) is 0.391. The summed E-state index contributed by atoms with van der Waals surface area (Å²) in [6.45, 7) is 1.47. The highest BCUT2D eigenvalue weighted by Gasteiger charge is 2.12. The van der Waals surface area contributed by atoms with E-state index >= 15 is 0 Å². The lowest BCUT2D eigenvalue weighted by atomic mass is 10.1. The topological polar surface area (TPSA) is 84.5 Å². The molecule has 0 aliphatic rings. The van der Waals surface area contributed by atoms with Crippen molar-refractivity contribution >= 4 is 38.1 Å². The number of hydrogen-bond donors (Lipinski definition) is 2. The van der Waals surface area contributed by atoms with Gasteiger partial charge in [0.1, 0.15) is 11.5 Å². The Labute approximate surface area is 186 Å². The molecule has 4 aromatic rings. The van der Waals surface area contributed by atoms with Gasteiger partial charge < -0.3 is 10.1 Å². The Morgan fingerprint density at radius 3 is 2.16 bits per heavy atom. The van der Waals surface area contributed by atoms with Gasteiger partial charge in [0.05, 0.1) is 5.75 Å². The van der Waals surface area contributed by atoms with Crippen molar-refractivity contribution in [1.29, 1.82) is 0 Å². The normalized spacial score (nSPS) is 11.2. The lowest BCUT2D eigenvalue weighted by Crippen LogP contribution is -2.14. The van der Waals surface area contributed by atoms with Gasteiger partial charge in [0.15, 0.2) is 0 Å². The number of anilines is 2. The predicted molar refractivity (Wildman–Crippen MR) is 127 cm³/mol. The van der Waals surface area contributed by atoms with Crippen molar-refractivity contribution in [1.82, 2.24) is 0 Å². The zero-order chi connectivity index (χ0) is 22.6. The molecule has 7 heteroatoms. The number of fused-ring (bicyclic) bond motifs is 1. The third kappa shape index (κ3) is 5.25. The van der Waals surface area contributed by atoms with Crippen molar-refractivity contribution < 1.29 is 17.9 Å². The van der Waals surface area contributed by atoms with Crippen LogP contribution in [0.15, 0.2) is 91.0 Å². The number of benzene rings is 4. The van der Waals surface area contributed by atoms with Crippen LogP contribution >= 0.6 is 0 Å². The van der Waals surface area contributed by atoms with Crippen molar-refractivity contribution in [2.45, 2.75) is 12.7 Å². The smallest absolute Gasteiger partial charge is 0.236 e. The van der Waals surface area contributed by atoms with Gasteiger partial charge in [-0.1, -0.05) is 54.6 Å². The molecule has 0 aliphatic carbocycles. The van der Waals surface area contributed by atoms with Gasteiger partial charge in [-0.3, -0.25) is 9.52 Å². The molecular formula is C25H22N2O4S. The first-order chi connectivity index (χ1) is 15.4. The second-order valence-corrected chi connectivity index (χ2v) is 9.03. The Kier molecular flexibility index (Phi) is 6.09. The summed E-state index contributed by atoms with van der Waals surface area (Å²) < 4.78 is 33.5. The molecule has 0 unspecified atom stereocenters. The van der Waals surface area contributed by atoms with E-state index in [1.54, 1.807) is 48.5 Å². The van der Waals surface area contributed by atoms with Crippen molar-refractivity contribution in [3.63, 3.8) is 0 Å². The minimum Gasteiger partial charge on any atom is -0.457 e. The van der Waals surface area contributed by atoms with Crippen LogP contribution in [0.1, 0.15) is 12.5 Å². The van der Waals surface area contributed by atoms with E-state index < -0.39 is 10.0 Å². The predicted octanol–water partition coefficient (Wildman–Crippen LogP) is 5.53. The van der Waals surface area contributed by atoms with E-state index in [1.165, 1.54) is 6.92 Å². The molecular weight excluding hydrogens is 424 g/mol. The van der Waals surface area contributed by atoms with Crippen LogP contribution in [0.3, 0.4) is 0 Å². The van der Waals surface area contributed by atoms with Crippen LogP contribution in [0.25, 0.3) is 10.8 Å². The molecule has 6 nitrogen and oxygen atoms in total. The van der Waals surface area contributed by atoms with E-state index in [4.69, 9.17) is 4.74 Å². The molecule has 2 N–H and O–H groups in total. The number of ether oxygens (including phenoxy) is 1. The molecule has 0 aromatic heterocycles. The summed E-state index contributed by atoms with van der Waals surface area (Å²) in [6, 6.07) is 27.0. The van der Waals surface area contributed by atoms with Crippen LogP contribution in [0, 0.1) is 0 Å². The molecule has 0 radical (unpaired) electrons. The molecule has 0 atom stereocenters. The Balaban J connectivity index is 1.51. The van der Waals surface area contributed by atoms with E-state index in [2.05, 4.69) is 10.0 Å². The highest BCUT2D eigenvalue weighted by molar-refractivity contribution is 7.91. The van der Waals surface area contributed by atoms with Crippen molar-refractivity contribution in [2.24, 2.45) is 0 Å². The third-order valence-electron chi connectivity index (χ3n) is 4.75. The van der Waals surface area contributed by atoms with Crippen LogP contribution in [0.4, 0.5) is 11.4 Å². The van der Waals surface area contributed by atoms with Crippen molar-refractivity contribution in [3.05, 3.63) is 96.6 Å². The van der Waals surface area contributed by atoms with Gasteiger partial charge in [0.25, 0.3) is 0 Å². The summed E-state index contributed by atoms with van der Waals surface area (Å²) in [5, 5.41) is 4.55. The Morgan fingerprint density at radius 2 is 1.47 bits per heavy atom. The molecule has 4 rings (SSSR count). The fourth-order valence-corrected chi connectivity index (χ4v) is 4.59. The number of nitrogens with one attached hydrogen (secondary N) is 2. The van der Waals surface area contributed by atoms with Gasteiger partial charge in [-0.15, -0.1) is 0 Å². The minimum atomic E-state index is -3.53. The molecule has 0 saturated carbocycles. The number of sulfonamides is 1. The Hall–Kier alpha value is -3.84. The van der Waals surface area contributed by atoms with Crippen LogP contribution in [-0.4, -0.2) is 14.3 Å². The summed E-state index contributed by atoms with van der Waals surface area (Å²) in [6.07, 6.45) is 0. The molecule has 1 amide bonds. The maximum Gasteiger partial charge on any atom is 0.236 e. The Bertz CT molecular complexity index is 1350. The highest BCUT2D eigenvalue weighted by atomic mass is 32.2. The SMILES string of the molecule is CC(=O)Nc1ccc(Oc2ccc(NS(=O)(=O)Cc3ccccc3)cc2)c2ccccc12. The minimum absolute atomic E-state index is 0.0985. The summed E-state index contributed by atoms with van der Waals surface area (Å²) in [4.78, 5) is 11.5. The number of amides is 1. The zero-order valence-electron chi connectivity index (χ0n) is 17.4. The molecule has 0 bridgehead atoms. The molecule has 0 spiro atoms. The zero-order valence-corrected chi connectivity index (χ0v) is 18.2. The maximum atomic E-state index is 12.4. The molecule has 0 aliphatic heterocycles. The van der Waals surface area contributed by atoms with E-state index in [9.17, 15) is 13.2 Å². The largest absolute Gasteiger partial charge is 0.457 e. The third-order valence-corrected chi connectivity index (χ3v) is 6.01. The maximum absolute atomic E-state index is 12.4. The highest BCUT2D eigenvalue weighted by Crippen LogP contribution is 2.34. The number of hydrogen-bond acceptors (Lipinski definition) is 4. The second-order valence-electron chi connectivity index (χ2n) is 7.31. The van der Waals surface area contributed by atoms with Crippen LogP contribution < -0.4 is 14.8 Å². The van der Waals surface area contributed by atoms with Crippen LogP contribution in [0.2, 0.25) is 0 Å². The summed E-state index contributed by atoms with van der Waals surface area (Å²) in [5.41, 5.74) is 1.89. The van der Waals surface area contributed by atoms with Crippen molar-refractivity contribution in [2.75, 3.05) is 10.0 Å². The van der Waals surface area contributed by atoms with E-state index in [-0.39, 0.29) is 11.7 Å². The van der Waals surface area contributed by atoms with Gasteiger partial charge >= 0.3 is 0 Å². The second kappa shape index (κ2) is 9.11. The summed E-state index contributed by atoms with van der Waals surface area (Å²) >= 11 is 0. The first-order valence-electron chi connectivity index (χ1n) is 10.0. The lowest BCUT2D eigenvalue weighted by Gasteiger charge is -2.13. The first kappa shape index (κ1) is 21.4. The van der Waals surface area contributed by atoms with Gasteiger partial charge in [-0.25, -0.2) is 8.42 Å². The lowest BCUT2D eigenvalue weighted by molar-refractivity contribution is -0.114. The number of carbonyl (C=O) groups is 1. The number of rotatable bonds is 7. The van der Waals surface area contributed by atoms with E-state index in [0.717, 1.165) is 16.3 Å². The Morgan fingerprint density at radius 1 is 0.812 bits per heavy atom. The van der Waals surface area contributed by atoms with Gasteiger partial charge in [-0.2, -0.15) is 0 Å². The van der Waals surface area contributed by atoms with E-state index in [0.29, 0.717) is 22.9 Å². The molecule has 4 aromatic carbocycles.